The molecule has 2 aliphatic rings. The van der Waals surface area contributed by atoms with Crippen LogP contribution in [-0.4, -0.2) is 79.2 Å². The molecule has 2 aliphatic heterocycles. The Morgan fingerprint density at radius 1 is 0.804 bits per heavy atom. The van der Waals surface area contributed by atoms with Crippen molar-refractivity contribution in [3.63, 3.8) is 0 Å². The van der Waals surface area contributed by atoms with E-state index in [0.717, 1.165) is 72.1 Å². The molecule has 4 aromatic carbocycles. The predicted molar refractivity (Wildman–Crippen MR) is 213 cm³/mol. The zero-order valence-corrected chi connectivity index (χ0v) is 32.2. The standard InChI is InChI=1S/C43H48N6O6S/c1-31-8-18-38(19-9-31)56(52,53)47-39(26-32-6-3-2-4-7-32)41(51)46-28-33-10-16-36(17-11-33)42-54-37(27-40(55-42)35-14-12-34(30-50)13-15-35)29-48-22-24-49(25-23-48)43-44-20-5-21-45-43/h2-21,37,39-40,42,47,50H,22-30H2,1H3,(H,46,51)/t37-,39+,40+,42?/m0/s1. The van der Waals surface area contributed by atoms with Crippen LogP contribution in [0.15, 0.2) is 126 Å². The van der Waals surface area contributed by atoms with E-state index in [9.17, 15) is 18.3 Å². The average Bonchev–Trinajstić information content (AvgIpc) is 3.24. The van der Waals surface area contributed by atoms with Gasteiger partial charge in [-0.2, -0.15) is 4.72 Å². The number of nitrogens with zero attached hydrogens (tertiary/aromatic N) is 4. The molecule has 12 nitrogen and oxygen atoms in total. The molecule has 56 heavy (non-hydrogen) atoms. The zero-order valence-electron chi connectivity index (χ0n) is 31.4. The van der Waals surface area contributed by atoms with Crippen LogP contribution in [0.25, 0.3) is 0 Å². The van der Waals surface area contributed by atoms with E-state index in [4.69, 9.17) is 9.47 Å². The van der Waals surface area contributed by atoms with E-state index in [2.05, 4.69) is 29.8 Å². The molecule has 4 atom stereocenters. The van der Waals surface area contributed by atoms with Gasteiger partial charge in [-0.05, 0) is 53.8 Å². The molecule has 0 bridgehead atoms. The second kappa shape index (κ2) is 18.3. The van der Waals surface area contributed by atoms with Gasteiger partial charge in [-0.3, -0.25) is 9.69 Å². The summed E-state index contributed by atoms with van der Waals surface area (Å²) in [4.78, 5) is 27.1. The first-order valence-electron chi connectivity index (χ1n) is 19.0. The minimum absolute atomic E-state index is 0.0241. The maximum atomic E-state index is 13.6. The van der Waals surface area contributed by atoms with Gasteiger partial charge in [0.05, 0.1) is 23.7 Å². The smallest absolute Gasteiger partial charge is 0.241 e. The summed E-state index contributed by atoms with van der Waals surface area (Å²) in [7, 11) is -3.96. The molecule has 1 unspecified atom stereocenters. The third kappa shape index (κ3) is 10.2. The monoisotopic (exact) mass is 776 g/mol. The number of aromatic nitrogens is 2. The molecule has 3 heterocycles. The van der Waals surface area contributed by atoms with E-state index in [1.807, 2.05) is 91.9 Å². The molecule has 0 radical (unpaired) electrons. The summed E-state index contributed by atoms with van der Waals surface area (Å²) in [6.45, 7) is 6.18. The Morgan fingerprint density at radius 2 is 1.46 bits per heavy atom. The van der Waals surface area contributed by atoms with E-state index in [1.165, 1.54) is 12.1 Å². The van der Waals surface area contributed by atoms with E-state index < -0.39 is 28.3 Å². The minimum atomic E-state index is -3.96. The van der Waals surface area contributed by atoms with Gasteiger partial charge in [0.2, 0.25) is 21.9 Å². The molecule has 0 aliphatic carbocycles. The van der Waals surface area contributed by atoms with Crippen LogP contribution in [-0.2, 0) is 43.9 Å². The summed E-state index contributed by atoms with van der Waals surface area (Å²) in [6.07, 6.45) is 3.47. The summed E-state index contributed by atoms with van der Waals surface area (Å²) in [5, 5.41) is 12.5. The van der Waals surface area contributed by atoms with Crippen LogP contribution in [0.3, 0.4) is 0 Å². The van der Waals surface area contributed by atoms with Crippen LogP contribution in [0.1, 0.15) is 52.2 Å². The van der Waals surface area contributed by atoms with Crippen molar-refractivity contribution in [1.82, 2.24) is 24.9 Å². The number of ether oxygens (including phenoxy) is 2. The van der Waals surface area contributed by atoms with Crippen molar-refractivity contribution in [2.75, 3.05) is 37.6 Å². The fourth-order valence-corrected chi connectivity index (χ4v) is 8.22. The van der Waals surface area contributed by atoms with Crippen molar-refractivity contribution in [1.29, 1.82) is 0 Å². The van der Waals surface area contributed by atoms with Crippen LogP contribution in [0, 0.1) is 6.92 Å². The highest BCUT2D eigenvalue weighted by Crippen LogP contribution is 2.38. The maximum Gasteiger partial charge on any atom is 0.241 e. The SMILES string of the molecule is Cc1ccc(S(=O)(=O)N[C@H](Cc2ccccc2)C(=O)NCc2ccc(C3O[C@H](CN4CCN(c5ncccn5)CC4)C[C@H](c4ccc(CO)cc4)O3)cc2)cc1. The van der Waals surface area contributed by atoms with Crippen LogP contribution < -0.4 is 14.9 Å². The molecule has 2 saturated heterocycles. The molecule has 292 valence electrons. The van der Waals surface area contributed by atoms with Crippen molar-refractivity contribution in [2.24, 2.45) is 0 Å². The highest BCUT2D eigenvalue weighted by molar-refractivity contribution is 7.89. The summed E-state index contributed by atoms with van der Waals surface area (Å²) < 4.78 is 42.5. The topological polar surface area (TPSA) is 146 Å². The number of amides is 1. The molecule has 0 spiro atoms. The van der Waals surface area contributed by atoms with Gasteiger partial charge in [-0.1, -0.05) is 96.6 Å². The van der Waals surface area contributed by atoms with E-state index in [-0.39, 0.29) is 36.7 Å². The Kier molecular flexibility index (Phi) is 12.8. The quantitative estimate of drug-likeness (QED) is 0.143. The van der Waals surface area contributed by atoms with Crippen molar-refractivity contribution < 1.29 is 27.8 Å². The molecule has 1 aromatic heterocycles. The van der Waals surface area contributed by atoms with Gasteiger partial charge < -0.3 is 24.8 Å². The number of sulfonamides is 1. The largest absolute Gasteiger partial charge is 0.392 e. The van der Waals surface area contributed by atoms with Crippen molar-refractivity contribution >= 4 is 21.9 Å². The third-order valence-corrected chi connectivity index (χ3v) is 11.7. The van der Waals surface area contributed by atoms with Gasteiger partial charge in [-0.15, -0.1) is 0 Å². The number of carbonyl (C=O) groups excluding carboxylic acids is 1. The number of hydrogen-bond acceptors (Lipinski definition) is 10. The molecular formula is C43H48N6O6S. The molecule has 5 aromatic rings. The van der Waals surface area contributed by atoms with Crippen molar-refractivity contribution in [3.05, 3.63) is 155 Å². The first-order chi connectivity index (χ1) is 27.2. The summed E-state index contributed by atoms with van der Waals surface area (Å²) >= 11 is 0. The molecule has 1 amide bonds. The lowest BCUT2D eigenvalue weighted by atomic mass is 9.99. The molecule has 13 heteroatoms. The molecular weight excluding hydrogens is 729 g/mol. The van der Waals surface area contributed by atoms with Crippen LogP contribution >= 0.6 is 0 Å². The molecule has 2 fully saturated rings. The normalized spacial score (nSPS) is 19.7. The number of benzene rings is 4. The van der Waals surface area contributed by atoms with Gasteiger partial charge in [0, 0.05) is 63.6 Å². The van der Waals surface area contributed by atoms with Gasteiger partial charge in [-0.25, -0.2) is 18.4 Å². The number of aliphatic hydroxyl groups is 1. The van der Waals surface area contributed by atoms with Gasteiger partial charge in [0.1, 0.15) is 6.04 Å². The van der Waals surface area contributed by atoms with Gasteiger partial charge in [0.15, 0.2) is 6.29 Å². The lowest BCUT2D eigenvalue weighted by Crippen LogP contribution is -2.50. The minimum Gasteiger partial charge on any atom is -0.392 e. The predicted octanol–water partition coefficient (Wildman–Crippen LogP) is 4.85. The summed E-state index contributed by atoms with van der Waals surface area (Å²) in [5.41, 5.74) is 5.32. The first-order valence-corrected chi connectivity index (χ1v) is 20.4. The Hall–Kier alpha value is -5.02. The first kappa shape index (κ1) is 39.2. The second-order valence-corrected chi connectivity index (χ2v) is 16.0. The summed E-state index contributed by atoms with van der Waals surface area (Å²) in [6, 6.07) is 32.3. The van der Waals surface area contributed by atoms with Crippen LogP contribution in [0.4, 0.5) is 5.95 Å². The van der Waals surface area contributed by atoms with E-state index >= 15 is 0 Å². The Morgan fingerprint density at radius 3 is 2.14 bits per heavy atom. The number of nitrogens with one attached hydrogen (secondary N) is 2. The lowest BCUT2D eigenvalue weighted by Gasteiger charge is -2.40. The van der Waals surface area contributed by atoms with E-state index in [0.29, 0.717) is 6.42 Å². The number of rotatable bonds is 14. The maximum absolute atomic E-state index is 13.6. The number of aryl methyl sites for hydroxylation is 1. The van der Waals surface area contributed by atoms with Gasteiger partial charge >= 0.3 is 0 Å². The van der Waals surface area contributed by atoms with Crippen LogP contribution in [0.5, 0.6) is 0 Å². The molecule has 3 N–H and O–H groups in total. The number of aliphatic hydroxyl groups excluding tert-OH is 1. The number of hydrogen-bond donors (Lipinski definition) is 3. The Bertz CT molecular complexity index is 2120. The molecule has 7 rings (SSSR count). The van der Waals surface area contributed by atoms with Gasteiger partial charge in [0.25, 0.3) is 0 Å². The fraction of sp³-hybridized carbons (Fsp3) is 0.326. The average molecular weight is 777 g/mol. The highest BCUT2D eigenvalue weighted by Gasteiger charge is 2.34. The van der Waals surface area contributed by atoms with Crippen molar-refractivity contribution in [3.8, 4) is 0 Å². The Labute approximate surface area is 328 Å². The van der Waals surface area contributed by atoms with Crippen LogP contribution in [0.2, 0.25) is 0 Å². The zero-order chi connectivity index (χ0) is 38.9. The Balaban J connectivity index is 1.01. The number of anilines is 1. The third-order valence-electron chi connectivity index (χ3n) is 10.2. The van der Waals surface area contributed by atoms with Crippen molar-refractivity contribution in [2.45, 2.75) is 62.4 Å². The lowest BCUT2D eigenvalue weighted by molar-refractivity contribution is -0.253. The highest BCUT2D eigenvalue weighted by atomic mass is 32.2. The number of piperazine rings is 1. The molecule has 0 saturated carbocycles. The second-order valence-electron chi connectivity index (χ2n) is 14.3. The fourth-order valence-electron chi connectivity index (χ4n) is 7.02. The van der Waals surface area contributed by atoms with E-state index in [1.54, 1.807) is 24.5 Å². The number of carbonyl (C=O) groups is 1. The summed E-state index contributed by atoms with van der Waals surface area (Å²) in [5.74, 6) is 0.321.